The molecule has 17 heteroatoms. The lowest BCUT2D eigenvalue weighted by Gasteiger charge is -2.12. The van der Waals surface area contributed by atoms with Crippen molar-refractivity contribution in [2.24, 2.45) is 0 Å². The molecule has 0 fully saturated rings. The second-order valence-electron chi connectivity index (χ2n) is 7.84. The number of anilines is 1. The average molecular weight is 574 g/mol. The van der Waals surface area contributed by atoms with Gasteiger partial charge in [-0.3, -0.25) is 0 Å². The summed E-state index contributed by atoms with van der Waals surface area (Å²) in [6.45, 7) is 0.742. The highest BCUT2D eigenvalue weighted by molar-refractivity contribution is 7.90. The number of unbranched alkanes of at least 4 members (excludes halogenated alkanes) is 2. The average Bonchev–Trinajstić information content (AvgIpc) is 3.18. The standard InChI is InChI=1S/C19H24F3N5O3S.C2HF3O2/c1-30-12-9-15-26-16-17(13-7-3-4-8-14(13)25-18(16)23)27(15)11-6-2-5-10-24-31(28,29)19(20,21)22;3-2(4,5)1(6)7/h3-4,7-8,24H,2,5-6,9-12H2,1H3,(H2,23,25);(H,6,7). The fourth-order valence-electron chi connectivity index (χ4n) is 3.39. The molecule has 0 unspecified atom stereocenters. The van der Waals surface area contributed by atoms with Crippen molar-refractivity contribution >= 4 is 43.7 Å². The van der Waals surface area contributed by atoms with Crippen LogP contribution in [0.4, 0.5) is 32.2 Å². The Bertz CT molecular complexity index is 1360. The summed E-state index contributed by atoms with van der Waals surface area (Å²) in [6.07, 6.45) is -3.10. The summed E-state index contributed by atoms with van der Waals surface area (Å²) in [5.41, 5.74) is 3.03. The molecule has 0 saturated heterocycles. The number of para-hydroxylation sites is 1. The van der Waals surface area contributed by atoms with Crippen LogP contribution in [0, 0.1) is 0 Å². The minimum absolute atomic E-state index is 0.275. The predicted molar refractivity (Wildman–Crippen MR) is 126 cm³/mol. The first-order valence-electron chi connectivity index (χ1n) is 11.0. The molecule has 0 bridgehead atoms. The number of hydrogen-bond donors (Lipinski definition) is 3. The summed E-state index contributed by atoms with van der Waals surface area (Å²) in [5, 5.41) is 8.03. The van der Waals surface area contributed by atoms with Gasteiger partial charge in [0.15, 0.2) is 5.82 Å². The van der Waals surface area contributed by atoms with Gasteiger partial charge in [-0.15, -0.1) is 0 Å². The van der Waals surface area contributed by atoms with Crippen LogP contribution in [0.15, 0.2) is 24.3 Å². The number of fused-ring (bicyclic) bond motifs is 3. The van der Waals surface area contributed by atoms with Crippen molar-refractivity contribution in [2.75, 3.05) is 26.0 Å². The summed E-state index contributed by atoms with van der Waals surface area (Å²) in [7, 11) is -3.71. The van der Waals surface area contributed by atoms with Crippen LogP contribution in [0.3, 0.4) is 0 Å². The van der Waals surface area contributed by atoms with Crippen LogP contribution in [0.25, 0.3) is 21.9 Å². The Morgan fingerprint density at radius 3 is 2.32 bits per heavy atom. The Morgan fingerprint density at radius 2 is 1.74 bits per heavy atom. The number of ether oxygens (including phenoxy) is 1. The van der Waals surface area contributed by atoms with E-state index in [0.717, 1.165) is 22.2 Å². The Hall–Kier alpha value is -3.18. The number of pyridine rings is 1. The second kappa shape index (κ2) is 12.6. The van der Waals surface area contributed by atoms with E-state index in [-0.39, 0.29) is 13.0 Å². The summed E-state index contributed by atoms with van der Waals surface area (Å²) in [4.78, 5) is 18.0. The number of hydrogen-bond acceptors (Lipinski definition) is 7. The highest BCUT2D eigenvalue weighted by atomic mass is 32.2. The lowest BCUT2D eigenvalue weighted by Crippen LogP contribution is -2.36. The van der Waals surface area contributed by atoms with E-state index < -0.39 is 27.7 Å². The molecule has 0 atom stereocenters. The van der Waals surface area contributed by atoms with Crippen molar-refractivity contribution < 1.29 is 49.4 Å². The maximum absolute atomic E-state index is 12.4. The Morgan fingerprint density at radius 1 is 1.11 bits per heavy atom. The van der Waals surface area contributed by atoms with Crippen molar-refractivity contribution in [1.29, 1.82) is 0 Å². The number of sulfonamides is 1. The molecule has 0 aliphatic rings. The van der Waals surface area contributed by atoms with Crippen molar-refractivity contribution in [3.63, 3.8) is 0 Å². The molecule has 3 rings (SSSR count). The number of benzene rings is 1. The number of nitrogens with two attached hydrogens (primary N) is 1. The van der Waals surface area contributed by atoms with Crippen LogP contribution in [-0.2, 0) is 32.5 Å². The fourth-order valence-corrected chi connectivity index (χ4v) is 3.97. The van der Waals surface area contributed by atoms with E-state index in [9.17, 15) is 34.8 Å². The van der Waals surface area contributed by atoms with Gasteiger partial charge >= 0.3 is 27.7 Å². The number of aliphatic carboxylic acids is 1. The lowest BCUT2D eigenvalue weighted by molar-refractivity contribution is -0.192. The molecule has 212 valence electrons. The van der Waals surface area contributed by atoms with Gasteiger partial charge < -0.3 is 20.1 Å². The molecule has 10 nitrogen and oxygen atoms in total. The van der Waals surface area contributed by atoms with Crippen LogP contribution >= 0.6 is 0 Å². The van der Waals surface area contributed by atoms with Crippen molar-refractivity contribution in [1.82, 2.24) is 19.3 Å². The van der Waals surface area contributed by atoms with Gasteiger partial charge in [-0.2, -0.15) is 26.3 Å². The largest absolute Gasteiger partial charge is 0.511 e. The molecule has 3 aromatic rings. The number of aryl methyl sites for hydroxylation is 1. The van der Waals surface area contributed by atoms with E-state index in [4.69, 9.17) is 20.4 Å². The van der Waals surface area contributed by atoms with Crippen LogP contribution in [0.1, 0.15) is 25.1 Å². The molecule has 2 heterocycles. The maximum Gasteiger partial charge on any atom is 0.511 e. The number of imidazole rings is 1. The number of alkyl halides is 6. The lowest BCUT2D eigenvalue weighted by atomic mass is 10.1. The van der Waals surface area contributed by atoms with Crippen LogP contribution < -0.4 is 10.5 Å². The minimum Gasteiger partial charge on any atom is -0.475 e. The number of aromatic nitrogens is 3. The molecule has 0 aliphatic carbocycles. The number of carboxylic acids is 1. The monoisotopic (exact) mass is 573 g/mol. The molecular formula is C21H25F6N5O5S. The summed E-state index contributed by atoms with van der Waals surface area (Å²) >= 11 is 0. The van der Waals surface area contributed by atoms with E-state index in [0.29, 0.717) is 43.7 Å². The number of carbonyl (C=O) groups is 1. The van der Waals surface area contributed by atoms with Gasteiger partial charge in [-0.1, -0.05) is 24.6 Å². The normalized spacial score (nSPS) is 12.5. The number of methoxy groups -OCH3 is 1. The molecule has 0 amide bonds. The highest BCUT2D eigenvalue weighted by Crippen LogP contribution is 2.29. The topological polar surface area (TPSA) is 149 Å². The molecule has 0 saturated carbocycles. The fraction of sp³-hybridized carbons (Fsp3) is 0.476. The van der Waals surface area contributed by atoms with Gasteiger partial charge in [0.1, 0.15) is 11.3 Å². The zero-order valence-electron chi connectivity index (χ0n) is 19.9. The van der Waals surface area contributed by atoms with E-state index >= 15 is 0 Å². The van der Waals surface area contributed by atoms with Crippen molar-refractivity contribution in [3.8, 4) is 0 Å². The van der Waals surface area contributed by atoms with Gasteiger partial charge in [0.05, 0.1) is 17.6 Å². The van der Waals surface area contributed by atoms with E-state index in [1.165, 1.54) is 0 Å². The Labute approximate surface area is 212 Å². The third-order valence-electron chi connectivity index (χ3n) is 5.12. The zero-order chi connectivity index (χ0) is 28.7. The quantitative estimate of drug-likeness (QED) is 0.246. The van der Waals surface area contributed by atoms with Crippen LogP contribution in [-0.4, -0.2) is 66.0 Å². The molecule has 1 aromatic carbocycles. The third-order valence-corrected chi connectivity index (χ3v) is 6.31. The maximum atomic E-state index is 12.4. The number of halogens is 6. The zero-order valence-corrected chi connectivity index (χ0v) is 20.8. The highest BCUT2D eigenvalue weighted by Gasteiger charge is 2.45. The molecule has 0 aliphatic heterocycles. The van der Waals surface area contributed by atoms with E-state index in [2.05, 4.69) is 9.97 Å². The SMILES string of the molecule is COCCc1nc2c(N)nc3ccccc3c2n1CCCCCNS(=O)(=O)C(F)(F)F.O=C(O)C(F)(F)F. The number of nitrogens with one attached hydrogen (secondary N) is 1. The predicted octanol–water partition coefficient (Wildman–Crippen LogP) is 3.60. The molecule has 4 N–H and O–H groups in total. The number of carboxylic acid groups (broad SMARTS) is 1. The van der Waals surface area contributed by atoms with Crippen LogP contribution in [0.5, 0.6) is 0 Å². The summed E-state index contributed by atoms with van der Waals surface area (Å²) in [5.74, 6) is -1.65. The number of nitrogen functional groups attached to an aromatic ring is 1. The minimum atomic E-state index is -5.30. The third kappa shape index (κ3) is 7.91. The first-order valence-corrected chi connectivity index (χ1v) is 12.5. The Kier molecular flexibility index (Phi) is 10.3. The first kappa shape index (κ1) is 31.0. The van der Waals surface area contributed by atoms with Gasteiger partial charge in [-0.05, 0) is 18.9 Å². The molecule has 38 heavy (non-hydrogen) atoms. The summed E-state index contributed by atoms with van der Waals surface area (Å²) in [6, 6.07) is 7.58. The van der Waals surface area contributed by atoms with Crippen molar-refractivity contribution in [3.05, 3.63) is 30.1 Å². The van der Waals surface area contributed by atoms with Crippen LogP contribution in [0.2, 0.25) is 0 Å². The van der Waals surface area contributed by atoms with Gasteiger partial charge in [-0.25, -0.2) is 27.9 Å². The molecule has 2 aromatic heterocycles. The summed E-state index contributed by atoms with van der Waals surface area (Å²) < 4.78 is 99.7. The smallest absolute Gasteiger partial charge is 0.475 e. The van der Waals surface area contributed by atoms with Crippen molar-refractivity contribution in [2.45, 2.75) is 43.9 Å². The molecule has 0 spiro atoms. The van der Waals surface area contributed by atoms with Gasteiger partial charge in [0.2, 0.25) is 0 Å². The van der Waals surface area contributed by atoms with E-state index in [1.807, 2.05) is 28.8 Å². The number of nitrogens with zero attached hydrogens (tertiary/aromatic N) is 3. The van der Waals surface area contributed by atoms with E-state index in [1.54, 1.807) is 11.8 Å². The molecular weight excluding hydrogens is 548 g/mol. The second-order valence-corrected chi connectivity index (χ2v) is 9.60. The molecule has 0 radical (unpaired) electrons. The van der Waals surface area contributed by atoms with Gasteiger partial charge in [0, 0.05) is 32.0 Å². The Balaban J connectivity index is 0.000000638. The number of rotatable bonds is 10. The van der Waals surface area contributed by atoms with Gasteiger partial charge in [0.25, 0.3) is 0 Å². The first-order chi connectivity index (χ1) is 17.6.